The average Bonchev–Trinajstić information content (AvgIpc) is 2.72. The van der Waals surface area contributed by atoms with Crippen LogP contribution < -0.4 is 4.74 Å². The summed E-state index contributed by atoms with van der Waals surface area (Å²) >= 11 is 3.00. The molecule has 0 saturated carbocycles. The number of aromatic nitrogens is 2. The van der Waals surface area contributed by atoms with Crippen molar-refractivity contribution in [2.75, 3.05) is 0 Å². The van der Waals surface area contributed by atoms with Gasteiger partial charge in [0.15, 0.2) is 11.6 Å². The Morgan fingerprint density at radius 2 is 2.14 bits per heavy atom. The van der Waals surface area contributed by atoms with Gasteiger partial charge in [0.1, 0.15) is 5.69 Å². The van der Waals surface area contributed by atoms with Crippen molar-refractivity contribution < 1.29 is 18.4 Å². The maximum absolute atomic E-state index is 13.7. The lowest BCUT2D eigenvalue weighted by molar-refractivity contribution is -0.386. The van der Waals surface area contributed by atoms with E-state index in [1.54, 1.807) is 6.92 Å². The van der Waals surface area contributed by atoms with Gasteiger partial charge in [-0.15, -0.1) is 0 Å². The van der Waals surface area contributed by atoms with Crippen molar-refractivity contribution in [1.29, 1.82) is 0 Å². The molecule has 0 aliphatic rings. The average molecular weight is 362 g/mol. The summed E-state index contributed by atoms with van der Waals surface area (Å²) in [5, 5.41) is 15.1. The fourth-order valence-corrected chi connectivity index (χ4v) is 2.21. The van der Waals surface area contributed by atoms with Crippen molar-refractivity contribution in [3.05, 3.63) is 44.0 Å². The lowest BCUT2D eigenvalue weighted by atomic mass is 10.3. The summed E-state index contributed by atoms with van der Waals surface area (Å²) in [6.07, 6.45) is 0.308. The van der Waals surface area contributed by atoms with Crippen molar-refractivity contribution in [1.82, 2.24) is 9.78 Å². The molecule has 1 aromatic heterocycles. The van der Waals surface area contributed by atoms with Crippen LogP contribution in [-0.2, 0) is 13.5 Å². The van der Waals surface area contributed by atoms with Crippen LogP contribution in [0.4, 0.5) is 14.5 Å². The van der Waals surface area contributed by atoms with Gasteiger partial charge in [0, 0.05) is 11.5 Å². The Balaban J connectivity index is 2.54. The first-order valence-corrected chi connectivity index (χ1v) is 6.67. The molecular formula is C12H10BrF2N3O3. The number of nitrogens with zero attached hydrogens (tertiary/aromatic N) is 3. The number of nitro groups is 1. The minimum absolute atomic E-state index is 0.202. The molecular weight excluding hydrogens is 352 g/mol. The number of rotatable bonds is 4. The number of aryl methyl sites for hydroxylation is 2. The Morgan fingerprint density at radius 1 is 1.48 bits per heavy atom. The zero-order chi connectivity index (χ0) is 15.7. The smallest absolute Gasteiger partial charge is 0.353 e. The lowest BCUT2D eigenvalue weighted by Gasteiger charge is -2.07. The number of benzene rings is 1. The minimum atomic E-state index is -1.23. The third-order valence-corrected chi connectivity index (χ3v) is 3.18. The molecule has 0 spiro atoms. The third kappa shape index (κ3) is 2.87. The normalized spacial score (nSPS) is 10.7. The van der Waals surface area contributed by atoms with Gasteiger partial charge in [-0.3, -0.25) is 10.1 Å². The molecule has 21 heavy (non-hydrogen) atoms. The van der Waals surface area contributed by atoms with Crippen LogP contribution in [0.25, 0.3) is 0 Å². The van der Waals surface area contributed by atoms with Gasteiger partial charge in [-0.2, -0.15) is 9.49 Å². The molecule has 2 rings (SSSR count). The van der Waals surface area contributed by atoms with Gasteiger partial charge in [0.25, 0.3) is 5.88 Å². The minimum Gasteiger partial charge on any atom is -0.431 e. The van der Waals surface area contributed by atoms with Crippen molar-refractivity contribution in [2.45, 2.75) is 13.3 Å². The molecule has 0 aliphatic heterocycles. The van der Waals surface area contributed by atoms with Crippen molar-refractivity contribution in [3.8, 4) is 11.6 Å². The summed E-state index contributed by atoms with van der Waals surface area (Å²) < 4.78 is 33.6. The number of halogens is 3. The maximum Gasteiger partial charge on any atom is 0.353 e. The molecule has 1 heterocycles. The molecule has 0 aliphatic carbocycles. The standard InChI is InChI=1S/C12H10BrF2N3O3/c1-3-8-11(18(19)20)12(17(2)16-8)21-9-5-6(13)4-7(14)10(9)15/h4-5H,3H2,1-2H3. The van der Waals surface area contributed by atoms with Crippen molar-refractivity contribution >= 4 is 21.6 Å². The summed E-state index contributed by atoms with van der Waals surface area (Å²) in [5.74, 6) is -3.07. The first kappa shape index (κ1) is 15.4. The Morgan fingerprint density at radius 3 is 2.71 bits per heavy atom. The fraction of sp³-hybridized carbons (Fsp3) is 0.250. The van der Waals surface area contributed by atoms with E-state index in [-0.39, 0.29) is 21.7 Å². The summed E-state index contributed by atoms with van der Waals surface area (Å²) in [4.78, 5) is 10.5. The number of hydrogen-bond acceptors (Lipinski definition) is 4. The Hall–Kier alpha value is -2.03. The molecule has 0 saturated heterocycles. The van der Waals surface area contributed by atoms with Gasteiger partial charge >= 0.3 is 5.69 Å². The van der Waals surface area contributed by atoms with E-state index in [1.807, 2.05) is 0 Å². The number of ether oxygens (including phenoxy) is 1. The zero-order valence-corrected chi connectivity index (χ0v) is 12.6. The highest BCUT2D eigenvalue weighted by Gasteiger charge is 2.28. The van der Waals surface area contributed by atoms with Gasteiger partial charge < -0.3 is 4.74 Å². The van der Waals surface area contributed by atoms with Crippen LogP contribution in [0.3, 0.4) is 0 Å². The molecule has 112 valence electrons. The Bertz CT molecular complexity index is 718. The van der Waals surface area contributed by atoms with E-state index in [2.05, 4.69) is 21.0 Å². The molecule has 0 bridgehead atoms. The van der Waals surface area contributed by atoms with Crippen LogP contribution in [0, 0.1) is 21.7 Å². The molecule has 0 unspecified atom stereocenters. The quantitative estimate of drug-likeness (QED) is 0.472. The topological polar surface area (TPSA) is 70.2 Å². The fourth-order valence-electron chi connectivity index (χ4n) is 1.80. The van der Waals surface area contributed by atoms with Crippen LogP contribution in [0.5, 0.6) is 11.6 Å². The molecule has 0 atom stereocenters. The predicted molar refractivity (Wildman–Crippen MR) is 73.4 cm³/mol. The van der Waals surface area contributed by atoms with Gasteiger partial charge in [0.2, 0.25) is 5.82 Å². The third-order valence-electron chi connectivity index (χ3n) is 2.72. The van der Waals surface area contributed by atoms with Crippen molar-refractivity contribution in [3.63, 3.8) is 0 Å². The Labute approximate surface area is 126 Å². The van der Waals surface area contributed by atoms with E-state index in [0.29, 0.717) is 6.42 Å². The van der Waals surface area contributed by atoms with E-state index in [1.165, 1.54) is 13.1 Å². The van der Waals surface area contributed by atoms with E-state index < -0.39 is 22.3 Å². The second-order valence-corrected chi connectivity index (χ2v) is 5.05. The van der Waals surface area contributed by atoms with Gasteiger partial charge in [-0.1, -0.05) is 22.9 Å². The molecule has 9 heteroatoms. The Kier molecular flexibility index (Phi) is 4.21. The highest BCUT2D eigenvalue weighted by molar-refractivity contribution is 9.10. The summed E-state index contributed by atoms with van der Waals surface area (Å²) in [6.45, 7) is 1.69. The van der Waals surface area contributed by atoms with E-state index in [0.717, 1.165) is 10.7 Å². The molecule has 2 aromatic rings. The molecule has 1 aromatic carbocycles. The van der Waals surface area contributed by atoms with Crippen LogP contribution in [-0.4, -0.2) is 14.7 Å². The second kappa shape index (κ2) is 5.76. The van der Waals surface area contributed by atoms with Crippen LogP contribution in [0.15, 0.2) is 16.6 Å². The van der Waals surface area contributed by atoms with Crippen LogP contribution in [0.2, 0.25) is 0 Å². The molecule has 6 nitrogen and oxygen atoms in total. The first-order chi connectivity index (χ1) is 9.85. The van der Waals surface area contributed by atoms with Gasteiger partial charge in [-0.25, -0.2) is 9.07 Å². The van der Waals surface area contributed by atoms with Crippen molar-refractivity contribution in [2.24, 2.45) is 7.05 Å². The monoisotopic (exact) mass is 361 g/mol. The second-order valence-electron chi connectivity index (χ2n) is 4.14. The SMILES string of the molecule is CCc1nn(C)c(Oc2cc(Br)cc(F)c2F)c1[N+](=O)[O-]. The summed E-state index contributed by atoms with van der Waals surface area (Å²) in [5.41, 5.74) is -0.159. The molecule has 0 fully saturated rings. The molecule has 0 radical (unpaired) electrons. The van der Waals surface area contributed by atoms with Gasteiger partial charge in [0.05, 0.1) is 4.92 Å². The predicted octanol–water partition coefficient (Wildman–Crippen LogP) is 3.72. The lowest BCUT2D eigenvalue weighted by Crippen LogP contribution is -2.00. The van der Waals surface area contributed by atoms with E-state index in [4.69, 9.17) is 4.74 Å². The molecule has 0 amide bonds. The highest BCUT2D eigenvalue weighted by Crippen LogP contribution is 2.36. The summed E-state index contributed by atoms with van der Waals surface area (Å²) in [6, 6.07) is 2.11. The molecule has 0 N–H and O–H groups in total. The van der Waals surface area contributed by atoms with E-state index >= 15 is 0 Å². The van der Waals surface area contributed by atoms with E-state index in [9.17, 15) is 18.9 Å². The van der Waals surface area contributed by atoms with Crippen LogP contribution >= 0.6 is 15.9 Å². The largest absolute Gasteiger partial charge is 0.431 e. The first-order valence-electron chi connectivity index (χ1n) is 5.87. The highest BCUT2D eigenvalue weighted by atomic mass is 79.9. The number of hydrogen-bond donors (Lipinski definition) is 0. The van der Waals surface area contributed by atoms with Crippen LogP contribution in [0.1, 0.15) is 12.6 Å². The summed E-state index contributed by atoms with van der Waals surface area (Å²) in [7, 11) is 1.42. The zero-order valence-electron chi connectivity index (χ0n) is 11.1. The van der Waals surface area contributed by atoms with Gasteiger partial charge in [-0.05, 0) is 18.6 Å². The maximum atomic E-state index is 13.7.